The van der Waals surface area contributed by atoms with Crippen molar-refractivity contribution in [3.63, 3.8) is 0 Å². The number of rotatable bonds is 0. The van der Waals surface area contributed by atoms with Gasteiger partial charge < -0.3 is 7.43 Å². The Balaban J connectivity index is 0. The Kier molecular flexibility index (Phi) is 9.14. The zero-order valence-corrected chi connectivity index (χ0v) is 6.84. The SMILES string of the molecule is [CH3-].[Zr+2].c1cc[cH-]c1. The van der Waals surface area contributed by atoms with E-state index in [1.807, 2.05) is 30.3 Å². The fourth-order valence-electron chi connectivity index (χ4n) is 0.321. The summed E-state index contributed by atoms with van der Waals surface area (Å²) in [5.41, 5.74) is 0. The molecule has 0 unspecified atom stereocenters. The van der Waals surface area contributed by atoms with Gasteiger partial charge in [-0.15, -0.1) is 0 Å². The zero-order valence-electron chi connectivity index (χ0n) is 4.39. The van der Waals surface area contributed by atoms with E-state index in [9.17, 15) is 0 Å². The molecular formula is C6H8Zr. The molecule has 0 aliphatic carbocycles. The zero-order chi connectivity index (χ0) is 3.54. The van der Waals surface area contributed by atoms with Crippen LogP contribution in [0.2, 0.25) is 0 Å². The van der Waals surface area contributed by atoms with Crippen LogP contribution in [0.5, 0.6) is 0 Å². The van der Waals surface area contributed by atoms with Crippen molar-refractivity contribution in [2.75, 3.05) is 0 Å². The van der Waals surface area contributed by atoms with Crippen molar-refractivity contribution in [2.24, 2.45) is 0 Å². The minimum atomic E-state index is 0. The summed E-state index contributed by atoms with van der Waals surface area (Å²) in [5.74, 6) is 0. The third kappa shape index (κ3) is 4.08. The molecule has 0 radical (unpaired) electrons. The fourth-order valence-corrected chi connectivity index (χ4v) is 0.321. The van der Waals surface area contributed by atoms with E-state index >= 15 is 0 Å². The molecule has 0 fully saturated rings. The maximum Gasteiger partial charge on any atom is 2.00 e. The quantitative estimate of drug-likeness (QED) is 0.523. The molecule has 0 N–H and O–H groups in total. The van der Waals surface area contributed by atoms with Gasteiger partial charge in [-0.1, -0.05) is 0 Å². The molecule has 0 nitrogen and oxygen atoms in total. The summed E-state index contributed by atoms with van der Waals surface area (Å²) in [6, 6.07) is 10.0. The average molecular weight is 171 g/mol. The van der Waals surface area contributed by atoms with Crippen molar-refractivity contribution in [3.05, 3.63) is 37.8 Å². The first-order valence-electron chi connectivity index (χ1n) is 1.67. The molecule has 1 heteroatoms. The molecule has 0 aliphatic rings. The summed E-state index contributed by atoms with van der Waals surface area (Å²) < 4.78 is 0. The summed E-state index contributed by atoms with van der Waals surface area (Å²) >= 11 is 0. The Labute approximate surface area is 64.0 Å². The van der Waals surface area contributed by atoms with Gasteiger partial charge in [0.15, 0.2) is 0 Å². The average Bonchev–Trinajstić information content (AvgIpc) is 1.76. The van der Waals surface area contributed by atoms with Gasteiger partial charge in [0.1, 0.15) is 0 Å². The number of hydrogen-bond acceptors (Lipinski definition) is 0. The van der Waals surface area contributed by atoms with Crippen LogP contribution < -0.4 is 0 Å². The maximum atomic E-state index is 2.00. The van der Waals surface area contributed by atoms with Gasteiger partial charge in [0.25, 0.3) is 0 Å². The minimum absolute atomic E-state index is 0. The first-order valence-corrected chi connectivity index (χ1v) is 1.67. The fraction of sp³-hybridized carbons (Fsp3) is 0. The van der Waals surface area contributed by atoms with E-state index in [-0.39, 0.29) is 33.6 Å². The van der Waals surface area contributed by atoms with Gasteiger partial charge in [-0.2, -0.15) is 18.2 Å². The molecule has 0 heterocycles. The summed E-state index contributed by atoms with van der Waals surface area (Å²) in [5, 5.41) is 0. The van der Waals surface area contributed by atoms with E-state index < -0.39 is 0 Å². The van der Waals surface area contributed by atoms with Crippen LogP contribution in [0.3, 0.4) is 0 Å². The van der Waals surface area contributed by atoms with Crippen molar-refractivity contribution >= 4 is 0 Å². The monoisotopic (exact) mass is 170 g/mol. The smallest absolute Gasteiger partial charge is 0.358 e. The molecule has 0 atom stereocenters. The van der Waals surface area contributed by atoms with Crippen LogP contribution in [0, 0.1) is 7.43 Å². The molecular weight excluding hydrogens is 163 g/mol. The minimum Gasteiger partial charge on any atom is -0.358 e. The van der Waals surface area contributed by atoms with Gasteiger partial charge in [-0.05, 0) is 0 Å². The molecule has 0 spiro atoms. The maximum absolute atomic E-state index is 2.00. The van der Waals surface area contributed by atoms with Crippen LogP contribution in [-0.2, 0) is 26.2 Å². The molecule has 0 saturated heterocycles. The van der Waals surface area contributed by atoms with Gasteiger partial charge in [-0.25, -0.2) is 12.1 Å². The Bertz CT molecular complexity index is 60.7. The van der Waals surface area contributed by atoms with Crippen molar-refractivity contribution in [2.45, 2.75) is 0 Å². The van der Waals surface area contributed by atoms with Crippen LogP contribution >= 0.6 is 0 Å². The Morgan fingerprint density at radius 1 is 1.00 bits per heavy atom. The summed E-state index contributed by atoms with van der Waals surface area (Å²) in [6.07, 6.45) is 0. The standard InChI is InChI=1S/C5H5.CH3.Zr/c1-2-4-5-3-1;;/h1-5H;1H3;/q2*-1;+2. The van der Waals surface area contributed by atoms with Crippen LogP contribution in [-0.4, -0.2) is 0 Å². The van der Waals surface area contributed by atoms with E-state index in [2.05, 4.69) is 0 Å². The van der Waals surface area contributed by atoms with E-state index in [1.165, 1.54) is 0 Å². The van der Waals surface area contributed by atoms with Crippen LogP contribution in [0.25, 0.3) is 0 Å². The van der Waals surface area contributed by atoms with Gasteiger partial charge >= 0.3 is 26.2 Å². The Hall–Kier alpha value is 0.233. The molecule has 7 heavy (non-hydrogen) atoms. The largest absolute Gasteiger partial charge is 2.00 e. The molecule has 1 rings (SSSR count). The summed E-state index contributed by atoms with van der Waals surface area (Å²) in [6.45, 7) is 0. The molecule has 1 aromatic carbocycles. The van der Waals surface area contributed by atoms with Crippen LogP contribution in [0.1, 0.15) is 0 Å². The van der Waals surface area contributed by atoms with E-state index in [1.54, 1.807) is 0 Å². The van der Waals surface area contributed by atoms with Crippen molar-refractivity contribution in [3.8, 4) is 0 Å². The van der Waals surface area contributed by atoms with Crippen molar-refractivity contribution < 1.29 is 26.2 Å². The summed E-state index contributed by atoms with van der Waals surface area (Å²) in [4.78, 5) is 0. The van der Waals surface area contributed by atoms with Gasteiger partial charge in [0.2, 0.25) is 0 Å². The van der Waals surface area contributed by atoms with E-state index in [0.29, 0.717) is 0 Å². The molecule has 0 aromatic heterocycles. The summed E-state index contributed by atoms with van der Waals surface area (Å²) in [7, 11) is 0. The molecule has 36 valence electrons. The van der Waals surface area contributed by atoms with Crippen LogP contribution in [0.15, 0.2) is 30.3 Å². The van der Waals surface area contributed by atoms with Crippen molar-refractivity contribution in [1.82, 2.24) is 0 Å². The normalized spacial score (nSPS) is 5.71. The van der Waals surface area contributed by atoms with Crippen LogP contribution in [0.4, 0.5) is 0 Å². The third-order valence-corrected chi connectivity index (χ3v) is 0.556. The second kappa shape index (κ2) is 6.23. The first kappa shape index (κ1) is 10.3. The van der Waals surface area contributed by atoms with E-state index in [0.717, 1.165) is 0 Å². The molecule has 0 aliphatic heterocycles. The van der Waals surface area contributed by atoms with Gasteiger partial charge in [0.05, 0.1) is 0 Å². The van der Waals surface area contributed by atoms with Gasteiger partial charge in [0, 0.05) is 0 Å². The topological polar surface area (TPSA) is 0 Å². The predicted octanol–water partition coefficient (Wildman–Crippen LogP) is 1.85. The second-order valence-electron chi connectivity index (χ2n) is 0.962. The Morgan fingerprint density at radius 2 is 1.43 bits per heavy atom. The second-order valence-corrected chi connectivity index (χ2v) is 0.962. The molecule has 0 bridgehead atoms. The molecule has 0 saturated carbocycles. The third-order valence-electron chi connectivity index (χ3n) is 0.556. The van der Waals surface area contributed by atoms with Gasteiger partial charge in [-0.3, -0.25) is 0 Å². The predicted molar refractivity (Wildman–Crippen MR) is 28.4 cm³/mol. The van der Waals surface area contributed by atoms with E-state index in [4.69, 9.17) is 0 Å². The molecule has 1 aromatic rings. The van der Waals surface area contributed by atoms with Crippen molar-refractivity contribution in [1.29, 1.82) is 0 Å². The number of hydrogen-bond donors (Lipinski definition) is 0. The first-order chi connectivity index (χ1) is 2.50. The Morgan fingerprint density at radius 3 is 1.57 bits per heavy atom. The molecule has 0 amide bonds.